The van der Waals surface area contributed by atoms with Gasteiger partial charge in [0.05, 0.1) is 10.8 Å². The van der Waals surface area contributed by atoms with Crippen LogP contribution in [0.5, 0.6) is 0 Å². The van der Waals surface area contributed by atoms with E-state index in [1.807, 2.05) is 0 Å². The highest BCUT2D eigenvalue weighted by Gasteiger charge is 2.24. The van der Waals surface area contributed by atoms with Crippen LogP contribution in [0.25, 0.3) is 10.8 Å². The molecule has 2 aromatic carbocycles. The minimum Gasteiger partial charge on any atom is -0.203 e. The summed E-state index contributed by atoms with van der Waals surface area (Å²) in [5.74, 6) is -11.5. The third kappa shape index (κ3) is 1.21. The lowest BCUT2D eigenvalue weighted by Gasteiger charge is -2.03. The molecule has 0 saturated heterocycles. The number of halogens is 6. The Morgan fingerprint density at radius 1 is 0.500 bits per heavy atom. The molecule has 0 radical (unpaired) electrons. The number of hydrogen-bond donors (Lipinski definition) is 0. The average molecular weight is 234 g/mol. The summed E-state index contributed by atoms with van der Waals surface area (Å²) >= 11 is 0. The zero-order chi connectivity index (χ0) is 12.0. The van der Waals surface area contributed by atoms with E-state index in [1.54, 1.807) is 0 Å². The summed E-state index contributed by atoms with van der Waals surface area (Å²) in [6, 6.07) is 2.99. The van der Waals surface area contributed by atoms with Crippen molar-refractivity contribution in [1.82, 2.24) is 0 Å². The van der Waals surface area contributed by atoms with Crippen molar-refractivity contribution in [2.24, 2.45) is 0 Å². The van der Waals surface area contributed by atoms with Gasteiger partial charge in [-0.05, 0) is 12.1 Å². The second-order valence-corrected chi connectivity index (χ2v) is 2.88. The van der Waals surface area contributed by atoms with Crippen molar-refractivity contribution in [2.45, 2.75) is 0 Å². The van der Waals surface area contributed by atoms with E-state index >= 15 is 0 Å². The highest BCUT2D eigenvalue weighted by atomic mass is 19.2. The van der Waals surface area contributed by atoms with Gasteiger partial charge in [0, 0.05) is 0 Å². The van der Waals surface area contributed by atoms with E-state index in [9.17, 15) is 26.3 Å². The highest BCUT2D eigenvalue weighted by molar-refractivity contribution is 5.84. The molecule has 6 heteroatoms. The van der Waals surface area contributed by atoms with Crippen LogP contribution < -0.4 is 0 Å². The van der Waals surface area contributed by atoms with Crippen LogP contribution in [0, 0.1) is 47.0 Å². The van der Waals surface area contributed by atoms with Crippen LogP contribution in [0.15, 0.2) is 0 Å². The smallest absolute Gasteiger partial charge is 0.198 e. The molecule has 2 aromatic rings. The molecule has 0 atom stereocenters. The van der Waals surface area contributed by atoms with E-state index in [4.69, 9.17) is 0 Å². The molecular weight excluding hydrogens is 234 g/mol. The maximum atomic E-state index is 13.1. The molecular formula is C10F6. The molecule has 0 saturated carbocycles. The minimum absolute atomic E-state index is 1.33. The lowest BCUT2D eigenvalue weighted by molar-refractivity contribution is 0.414. The molecule has 0 heterocycles. The number of benzene rings is 1. The molecule has 2 rings (SSSR count). The predicted molar refractivity (Wildman–Crippen MR) is 41.4 cm³/mol. The van der Waals surface area contributed by atoms with Gasteiger partial charge in [-0.25, -0.2) is 17.6 Å². The molecule has 0 amide bonds. The van der Waals surface area contributed by atoms with E-state index in [1.165, 1.54) is 12.1 Å². The Labute approximate surface area is 85.1 Å². The molecule has 0 aliphatic rings. The maximum Gasteiger partial charge on any atom is 0.198 e. The Kier molecular flexibility index (Phi) is 2.19. The fourth-order valence-electron chi connectivity index (χ4n) is 1.28. The summed E-state index contributed by atoms with van der Waals surface area (Å²) < 4.78 is 77.5. The van der Waals surface area contributed by atoms with Crippen LogP contribution >= 0.6 is 0 Å². The van der Waals surface area contributed by atoms with Gasteiger partial charge in [-0.15, -0.1) is 0 Å². The van der Waals surface area contributed by atoms with Gasteiger partial charge in [-0.2, -0.15) is 8.78 Å². The van der Waals surface area contributed by atoms with Crippen molar-refractivity contribution in [2.75, 3.05) is 0 Å². The van der Waals surface area contributed by atoms with Gasteiger partial charge in [0.1, 0.15) is 0 Å². The minimum atomic E-state index is -2.21. The van der Waals surface area contributed by atoms with Crippen LogP contribution in [-0.2, 0) is 0 Å². The molecule has 16 heavy (non-hydrogen) atoms. The summed E-state index contributed by atoms with van der Waals surface area (Å²) in [6.07, 6.45) is 0. The zero-order valence-electron chi connectivity index (χ0n) is 7.27. The third-order valence-electron chi connectivity index (χ3n) is 1.99. The topological polar surface area (TPSA) is 0 Å². The van der Waals surface area contributed by atoms with Crippen molar-refractivity contribution in [3.05, 3.63) is 47.0 Å². The first kappa shape index (κ1) is 10.6. The second-order valence-electron chi connectivity index (χ2n) is 2.88. The number of rotatable bonds is 0. The molecule has 0 bridgehead atoms. The Hall–Kier alpha value is -1.90. The van der Waals surface area contributed by atoms with Gasteiger partial charge in [-0.1, -0.05) is 0 Å². The van der Waals surface area contributed by atoms with Crippen molar-refractivity contribution < 1.29 is 26.3 Å². The largest absolute Gasteiger partial charge is 0.203 e. The van der Waals surface area contributed by atoms with E-state index in [2.05, 4.69) is 0 Å². The normalized spacial score (nSPS) is 10.6. The maximum absolute atomic E-state index is 13.1. The summed E-state index contributed by atoms with van der Waals surface area (Å²) in [6.45, 7) is 0. The van der Waals surface area contributed by atoms with Gasteiger partial charge in [-0.3, -0.25) is 0 Å². The Morgan fingerprint density at radius 3 is 1.12 bits per heavy atom. The van der Waals surface area contributed by atoms with Crippen molar-refractivity contribution in [3.63, 3.8) is 0 Å². The summed E-state index contributed by atoms with van der Waals surface area (Å²) in [5, 5.41) is -2.65. The molecule has 0 spiro atoms. The van der Waals surface area contributed by atoms with Crippen LogP contribution in [0.1, 0.15) is 0 Å². The lowest BCUT2D eigenvalue weighted by atomic mass is 10.1. The van der Waals surface area contributed by atoms with E-state index in [-0.39, 0.29) is 0 Å². The molecule has 82 valence electrons. The first-order valence-corrected chi connectivity index (χ1v) is 3.88. The summed E-state index contributed by atoms with van der Waals surface area (Å²) in [4.78, 5) is 0. The van der Waals surface area contributed by atoms with Gasteiger partial charge in [0.15, 0.2) is 34.9 Å². The highest BCUT2D eigenvalue weighted by Crippen LogP contribution is 2.29. The molecule has 0 aliphatic heterocycles. The zero-order valence-corrected chi connectivity index (χ0v) is 7.27. The van der Waals surface area contributed by atoms with E-state index < -0.39 is 45.7 Å². The van der Waals surface area contributed by atoms with Crippen molar-refractivity contribution >= 4 is 10.8 Å². The first-order valence-electron chi connectivity index (χ1n) is 3.88. The Morgan fingerprint density at radius 2 is 0.812 bits per heavy atom. The second kappa shape index (κ2) is 3.30. The predicted octanol–water partition coefficient (Wildman–Crippen LogP) is 3.27. The van der Waals surface area contributed by atoms with Crippen LogP contribution in [-0.4, -0.2) is 0 Å². The van der Waals surface area contributed by atoms with E-state index in [0.717, 1.165) is 0 Å². The fraction of sp³-hybridized carbons (Fsp3) is 0. The summed E-state index contributed by atoms with van der Waals surface area (Å²) in [5.41, 5.74) is 0. The van der Waals surface area contributed by atoms with Crippen LogP contribution in [0.3, 0.4) is 0 Å². The van der Waals surface area contributed by atoms with Gasteiger partial charge >= 0.3 is 0 Å². The molecule has 0 unspecified atom stereocenters. The molecule has 0 fully saturated rings. The SMILES string of the molecule is Fc1c(F)c(F)c2c(F)c#cc(F)c2c1F. The first-order chi connectivity index (χ1) is 7.45. The Balaban J connectivity index is 3.14. The van der Waals surface area contributed by atoms with Crippen molar-refractivity contribution in [3.8, 4) is 0 Å². The van der Waals surface area contributed by atoms with Crippen LogP contribution in [0.4, 0.5) is 26.3 Å². The van der Waals surface area contributed by atoms with Crippen molar-refractivity contribution in [1.29, 1.82) is 0 Å². The average Bonchev–Trinajstić information content (AvgIpc) is 2.26. The number of hydrogen-bond acceptors (Lipinski definition) is 0. The molecule has 0 aliphatic carbocycles. The Bertz CT molecular complexity index is 537. The fourth-order valence-corrected chi connectivity index (χ4v) is 1.28. The van der Waals surface area contributed by atoms with Crippen LogP contribution in [0.2, 0.25) is 0 Å². The van der Waals surface area contributed by atoms with Gasteiger partial charge in [0.2, 0.25) is 0 Å². The van der Waals surface area contributed by atoms with Gasteiger partial charge in [0.25, 0.3) is 0 Å². The molecule has 0 N–H and O–H groups in total. The van der Waals surface area contributed by atoms with Gasteiger partial charge < -0.3 is 0 Å². The quantitative estimate of drug-likeness (QED) is 0.373. The monoisotopic (exact) mass is 234 g/mol. The summed E-state index contributed by atoms with van der Waals surface area (Å²) in [7, 11) is 0. The lowest BCUT2D eigenvalue weighted by Crippen LogP contribution is -2.00. The third-order valence-corrected chi connectivity index (χ3v) is 1.99. The van der Waals surface area contributed by atoms with E-state index in [0.29, 0.717) is 0 Å². The molecule has 0 aromatic heterocycles. The number of fused-ring (bicyclic) bond motifs is 1. The standard InChI is InChI=1S/C10F6/c11-3-1-2-4(12)6-5(3)7(13)9(15)10(16)8(6)14. The molecule has 0 nitrogen and oxygen atoms in total.